The highest BCUT2D eigenvalue weighted by Crippen LogP contribution is 2.36. The van der Waals surface area contributed by atoms with Crippen molar-refractivity contribution in [1.82, 2.24) is 10.1 Å². The van der Waals surface area contributed by atoms with Crippen molar-refractivity contribution in [3.63, 3.8) is 0 Å². The predicted octanol–water partition coefficient (Wildman–Crippen LogP) is 3.86. The van der Waals surface area contributed by atoms with Crippen molar-refractivity contribution in [2.24, 2.45) is 5.73 Å². The molecule has 0 spiro atoms. The van der Waals surface area contributed by atoms with Crippen molar-refractivity contribution >= 4 is 22.2 Å². The molecule has 148 valence electrons. The van der Waals surface area contributed by atoms with E-state index < -0.39 is 15.4 Å². The van der Waals surface area contributed by atoms with Crippen molar-refractivity contribution in [3.8, 4) is 11.5 Å². The maximum absolute atomic E-state index is 12.8. The molecular formula is C20H22ClN3O3S. The molecule has 0 bridgehead atoms. The molecule has 0 unspecified atom stereocenters. The number of hydrogen-bond donors (Lipinski definition) is 1. The largest absolute Gasteiger partial charge is 0.334 e. The average molecular weight is 420 g/mol. The Morgan fingerprint density at radius 1 is 1.00 bits per heavy atom. The lowest BCUT2D eigenvalue weighted by atomic mass is 9.98. The zero-order valence-corrected chi connectivity index (χ0v) is 16.9. The molecule has 0 radical (unpaired) electrons. The van der Waals surface area contributed by atoms with Gasteiger partial charge in [0.2, 0.25) is 0 Å². The molecule has 1 aliphatic carbocycles. The molecule has 0 aliphatic heterocycles. The van der Waals surface area contributed by atoms with Crippen LogP contribution in [0.5, 0.6) is 0 Å². The Morgan fingerprint density at radius 2 is 1.64 bits per heavy atom. The van der Waals surface area contributed by atoms with Gasteiger partial charge in [-0.3, -0.25) is 0 Å². The Morgan fingerprint density at radius 3 is 2.36 bits per heavy atom. The zero-order valence-electron chi connectivity index (χ0n) is 15.2. The Kier molecular flexibility index (Phi) is 5.88. The van der Waals surface area contributed by atoms with Crippen LogP contribution >= 0.6 is 12.4 Å². The second kappa shape index (κ2) is 8.03. The van der Waals surface area contributed by atoms with Crippen molar-refractivity contribution in [2.75, 3.05) is 0 Å². The van der Waals surface area contributed by atoms with Gasteiger partial charge >= 0.3 is 0 Å². The highest BCUT2D eigenvalue weighted by molar-refractivity contribution is 7.90. The highest BCUT2D eigenvalue weighted by atomic mass is 35.5. The second-order valence-corrected chi connectivity index (χ2v) is 9.01. The van der Waals surface area contributed by atoms with E-state index in [9.17, 15) is 8.42 Å². The van der Waals surface area contributed by atoms with Crippen LogP contribution in [-0.2, 0) is 21.1 Å². The molecule has 2 N–H and O–H groups in total. The first kappa shape index (κ1) is 20.5. The van der Waals surface area contributed by atoms with Gasteiger partial charge in [0.25, 0.3) is 5.89 Å². The smallest absolute Gasteiger partial charge is 0.258 e. The summed E-state index contributed by atoms with van der Waals surface area (Å²) in [6.45, 7) is 0. The summed E-state index contributed by atoms with van der Waals surface area (Å²) >= 11 is 0. The van der Waals surface area contributed by atoms with Crippen molar-refractivity contribution < 1.29 is 12.9 Å². The third-order valence-corrected chi connectivity index (χ3v) is 6.74. The van der Waals surface area contributed by atoms with Crippen LogP contribution in [0.1, 0.15) is 37.1 Å². The first-order chi connectivity index (χ1) is 13.0. The summed E-state index contributed by atoms with van der Waals surface area (Å²) in [7, 11) is -3.48. The van der Waals surface area contributed by atoms with Crippen LogP contribution in [0, 0.1) is 0 Å². The van der Waals surface area contributed by atoms with Crippen molar-refractivity contribution in [2.45, 2.75) is 41.9 Å². The summed E-state index contributed by atoms with van der Waals surface area (Å²) in [4.78, 5) is 4.79. The molecule has 0 amide bonds. The van der Waals surface area contributed by atoms with Gasteiger partial charge in [-0.05, 0) is 36.6 Å². The van der Waals surface area contributed by atoms with E-state index in [1.54, 1.807) is 48.5 Å². The van der Waals surface area contributed by atoms with Gasteiger partial charge in [0, 0.05) is 5.56 Å². The van der Waals surface area contributed by atoms with Crippen LogP contribution < -0.4 is 5.73 Å². The Balaban J connectivity index is 0.00000225. The summed E-state index contributed by atoms with van der Waals surface area (Å²) < 4.78 is 31.0. The SMILES string of the molecule is Cl.NC1(c2noc(-c3ccccc3CS(=O)(=O)c3ccccc3)n2)CCCC1. The van der Waals surface area contributed by atoms with Gasteiger partial charge in [-0.25, -0.2) is 8.42 Å². The van der Waals surface area contributed by atoms with Crippen LogP contribution in [0.2, 0.25) is 0 Å². The third-order valence-electron chi connectivity index (χ3n) is 5.06. The Bertz CT molecular complexity index is 1050. The van der Waals surface area contributed by atoms with Gasteiger partial charge in [0.15, 0.2) is 15.7 Å². The van der Waals surface area contributed by atoms with E-state index in [2.05, 4.69) is 10.1 Å². The zero-order chi connectivity index (χ0) is 18.9. The molecule has 2 aromatic carbocycles. The molecule has 0 atom stereocenters. The lowest BCUT2D eigenvalue weighted by Gasteiger charge is -2.17. The predicted molar refractivity (Wildman–Crippen MR) is 109 cm³/mol. The lowest BCUT2D eigenvalue weighted by Crippen LogP contribution is -2.34. The first-order valence-corrected chi connectivity index (χ1v) is 10.6. The number of halogens is 1. The van der Waals surface area contributed by atoms with Gasteiger partial charge < -0.3 is 10.3 Å². The van der Waals surface area contributed by atoms with E-state index in [4.69, 9.17) is 10.3 Å². The van der Waals surface area contributed by atoms with Gasteiger partial charge in [-0.2, -0.15) is 4.98 Å². The van der Waals surface area contributed by atoms with Crippen LogP contribution in [0.15, 0.2) is 64.0 Å². The number of nitrogens with zero attached hydrogens (tertiary/aromatic N) is 2. The van der Waals surface area contributed by atoms with Crippen molar-refractivity contribution in [3.05, 3.63) is 66.0 Å². The summed E-state index contributed by atoms with van der Waals surface area (Å²) in [5.74, 6) is 0.662. The minimum absolute atomic E-state index is 0. The maximum atomic E-state index is 12.8. The molecule has 1 heterocycles. The summed E-state index contributed by atoms with van der Waals surface area (Å²) in [5, 5.41) is 4.08. The van der Waals surface area contributed by atoms with E-state index in [1.807, 2.05) is 6.07 Å². The third kappa shape index (κ3) is 3.97. The summed E-state index contributed by atoms with van der Waals surface area (Å²) in [5.41, 5.74) is 7.10. The van der Waals surface area contributed by atoms with Crippen LogP contribution in [0.4, 0.5) is 0 Å². The quantitative estimate of drug-likeness (QED) is 0.674. The second-order valence-electron chi connectivity index (χ2n) is 7.02. The van der Waals surface area contributed by atoms with E-state index in [1.165, 1.54) is 0 Å². The molecule has 6 nitrogen and oxygen atoms in total. The molecule has 1 fully saturated rings. The summed E-state index contributed by atoms with van der Waals surface area (Å²) in [6.07, 6.45) is 3.75. The number of nitrogens with two attached hydrogens (primary N) is 1. The van der Waals surface area contributed by atoms with Crippen LogP contribution in [-0.4, -0.2) is 18.6 Å². The molecule has 1 saturated carbocycles. The first-order valence-electron chi connectivity index (χ1n) is 8.97. The number of aromatic nitrogens is 2. The molecule has 1 aromatic heterocycles. The minimum atomic E-state index is -3.48. The van der Waals surface area contributed by atoms with Gasteiger partial charge in [-0.1, -0.05) is 54.4 Å². The number of rotatable bonds is 5. The lowest BCUT2D eigenvalue weighted by molar-refractivity contribution is 0.372. The monoisotopic (exact) mass is 419 g/mol. The fourth-order valence-corrected chi connectivity index (χ4v) is 4.93. The molecule has 4 rings (SSSR count). The molecule has 28 heavy (non-hydrogen) atoms. The molecule has 1 aliphatic rings. The standard InChI is InChI=1S/C20H21N3O3S.ClH/c21-20(12-6-7-13-20)19-22-18(26-23-19)17-11-5-4-8-15(17)14-27(24,25)16-9-2-1-3-10-16;/h1-5,8-11H,6-7,12-14,21H2;1H. The Labute approximate surface area is 170 Å². The number of hydrogen-bond acceptors (Lipinski definition) is 6. The highest BCUT2D eigenvalue weighted by Gasteiger charge is 2.36. The maximum Gasteiger partial charge on any atom is 0.258 e. The normalized spacial score (nSPS) is 15.9. The van der Waals surface area contributed by atoms with E-state index in [0.717, 1.165) is 25.7 Å². The van der Waals surface area contributed by atoms with E-state index >= 15 is 0 Å². The number of benzene rings is 2. The van der Waals surface area contributed by atoms with Crippen LogP contribution in [0.25, 0.3) is 11.5 Å². The number of sulfone groups is 1. The fourth-order valence-electron chi connectivity index (χ4n) is 3.54. The molecule has 0 saturated heterocycles. The van der Waals surface area contributed by atoms with Gasteiger partial charge in [0.05, 0.1) is 16.2 Å². The molecule has 3 aromatic rings. The van der Waals surface area contributed by atoms with Gasteiger partial charge in [0.1, 0.15) is 0 Å². The average Bonchev–Trinajstić information content (AvgIpc) is 3.33. The van der Waals surface area contributed by atoms with Crippen molar-refractivity contribution in [1.29, 1.82) is 0 Å². The van der Waals surface area contributed by atoms with E-state index in [0.29, 0.717) is 22.8 Å². The fraction of sp³-hybridized carbons (Fsp3) is 0.300. The van der Waals surface area contributed by atoms with Crippen LogP contribution in [0.3, 0.4) is 0 Å². The molecule has 8 heteroatoms. The van der Waals surface area contributed by atoms with E-state index in [-0.39, 0.29) is 23.1 Å². The van der Waals surface area contributed by atoms with Gasteiger partial charge in [-0.15, -0.1) is 12.4 Å². The summed E-state index contributed by atoms with van der Waals surface area (Å²) in [6, 6.07) is 15.6. The molecular weight excluding hydrogens is 398 g/mol. The topological polar surface area (TPSA) is 99.1 Å². The minimum Gasteiger partial charge on any atom is -0.334 e. The Hall–Kier alpha value is -2.22.